The Morgan fingerprint density at radius 1 is 0.565 bits per heavy atom. The minimum Gasteiger partial charge on any atom is -0.462 e. The number of alkyl carbamates (subject to hydrolysis) is 2. The van der Waals surface area contributed by atoms with E-state index in [0.717, 1.165) is 109 Å². The van der Waals surface area contributed by atoms with Crippen LogP contribution in [0.4, 0.5) is 19.2 Å². The van der Waals surface area contributed by atoms with Crippen LogP contribution in [0.5, 0.6) is 0 Å². The number of hydrogen-bond donors (Lipinski definition) is 2. The molecule has 2 aromatic rings. The Morgan fingerprint density at radius 3 is 1.56 bits per heavy atom. The van der Waals surface area contributed by atoms with Crippen LogP contribution in [-0.4, -0.2) is 159 Å². The Hall–Kier alpha value is -4.19. The van der Waals surface area contributed by atoms with Gasteiger partial charge in [0.2, 0.25) is 7.59 Å². The second-order valence-corrected chi connectivity index (χ2v) is 38.4. The Labute approximate surface area is 668 Å². The van der Waals surface area contributed by atoms with Gasteiger partial charge in [-0.1, -0.05) is 299 Å². The van der Waals surface area contributed by atoms with Crippen LogP contribution in [0.25, 0.3) is 0 Å². The van der Waals surface area contributed by atoms with E-state index in [-0.39, 0.29) is 45.9 Å². The van der Waals surface area contributed by atoms with Crippen LogP contribution < -0.4 is 10.6 Å². The van der Waals surface area contributed by atoms with Gasteiger partial charge in [0.15, 0.2) is 39.2 Å². The monoisotopic (exact) mass is 1680 g/mol. The minimum absolute atomic E-state index is 0.0558. The van der Waals surface area contributed by atoms with Crippen molar-refractivity contribution in [2.24, 2.45) is 0 Å². The van der Waals surface area contributed by atoms with Gasteiger partial charge in [-0.2, -0.15) is 0 Å². The maximum absolute atomic E-state index is 15.4. The van der Waals surface area contributed by atoms with E-state index < -0.39 is 160 Å². The zero-order valence-corrected chi connectivity index (χ0v) is 69.4. The molecule has 0 radical (unpaired) electrons. The number of unbranched alkanes of at least 4 members (excludes halogenated alkanes) is 19. The first kappa shape index (κ1) is 94.4. The van der Waals surface area contributed by atoms with Gasteiger partial charge in [-0.05, 0) is 55.1 Å². The lowest BCUT2D eigenvalue weighted by Gasteiger charge is -2.48. The lowest BCUT2D eigenvalue weighted by atomic mass is 9.95. The third kappa shape index (κ3) is 38.1. The van der Waals surface area contributed by atoms with Crippen LogP contribution >= 0.6 is 77.4 Å². The van der Waals surface area contributed by atoms with E-state index in [4.69, 9.17) is 144 Å². The van der Waals surface area contributed by atoms with Crippen molar-refractivity contribution in [3.8, 4) is 0 Å². The summed E-state index contributed by atoms with van der Waals surface area (Å²) >= 11 is 36.5. The summed E-state index contributed by atoms with van der Waals surface area (Å²) < 4.78 is 110. The molecule has 0 saturated carbocycles. The molecule has 2 aromatic carbocycles. The largest absolute Gasteiger partial charge is 0.509 e. The molecule has 33 heteroatoms. The molecule has 2 N–H and O–H groups in total. The summed E-state index contributed by atoms with van der Waals surface area (Å²) in [7, 11) is -7.81. The van der Waals surface area contributed by atoms with Gasteiger partial charge in [0.25, 0.3) is 0 Å². The number of phosphoric acid groups is 1. The number of esters is 2. The van der Waals surface area contributed by atoms with Crippen LogP contribution in [-0.2, 0) is 109 Å². The van der Waals surface area contributed by atoms with E-state index in [1.165, 1.54) is 31.4 Å². The molecule has 0 spiro atoms. The molecule has 25 nitrogen and oxygen atoms in total. The van der Waals surface area contributed by atoms with Crippen molar-refractivity contribution in [3.63, 3.8) is 0 Å². The predicted octanol–water partition coefficient (Wildman–Crippen LogP) is 19.1. The summed E-state index contributed by atoms with van der Waals surface area (Å²) in [6, 6.07) is 13.1. The van der Waals surface area contributed by atoms with E-state index in [2.05, 4.69) is 44.6 Å². The van der Waals surface area contributed by atoms with Crippen molar-refractivity contribution in [2.45, 2.75) is 295 Å². The summed E-state index contributed by atoms with van der Waals surface area (Å²) in [5.74, 6) is -1.50. The van der Waals surface area contributed by atoms with Gasteiger partial charge in [-0.15, -0.1) is 0 Å². The van der Waals surface area contributed by atoms with Crippen molar-refractivity contribution >= 4 is 122 Å². The molecular weight excluding hydrogens is 1570 g/mol. The summed E-state index contributed by atoms with van der Waals surface area (Å²) in [6.45, 7) is 13.1. The van der Waals surface area contributed by atoms with Gasteiger partial charge in [0, 0.05) is 6.42 Å². The van der Waals surface area contributed by atoms with Crippen molar-refractivity contribution in [2.75, 3.05) is 39.6 Å². The summed E-state index contributed by atoms with van der Waals surface area (Å²) in [5, 5.41) is 5.23. The Balaban J connectivity index is 1.69. The molecule has 2 fully saturated rings. The lowest BCUT2D eigenvalue weighted by Crippen LogP contribution is -2.69. The number of ether oxygens (including phenoxy) is 12. The quantitative estimate of drug-likeness (QED) is 0.0118. The highest BCUT2D eigenvalue weighted by Crippen LogP contribution is 2.55. The average Bonchev–Trinajstić information content (AvgIpc) is 0.842. The first-order valence-corrected chi connectivity index (χ1v) is 44.7. The van der Waals surface area contributed by atoms with Gasteiger partial charge >= 0.3 is 44.3 Å². The van der Waals surface area contributed by atoms with Gasteiger partial charge in [0.1, 0.15) is 62.9 Å². The highest BCUT2D eigenvalue weighted by Gasteiger charge is 2.57. The zero-order valence-electron chi connectivity index (χ0n) is 63.0. The number of carbonyl (C=O) groups excluding carboxylic acids is 6. The summed E-state index contributed by atoms with van der Waals surface area (Å²) in [5.41, 5.74) is 1.95. The van der Waals surface area contributed by atoms with E-state index in [9.17, 15) is 24.0 Å². The van der Waals surface area contributed by atoms with Crippen LogP contribution in [0.15, 0.2) is 79.9 Å². The molecule has 3 heterocycles. The van der Waals surface area contributed by atoms with Gasteiger partial charge in [0.05, 0.1) is 39.5 Å². The molecule has 0 aromatic heterocycles. The van der Waals surface area contributed by atoms with E-state index in [1.54, 1.807) is 48.5 Å². The number of amides is 2. The molecule has 0 bridgehead atoms. The Kier molecular flexibility index (Phi) is 45.0. The van der Waals surface area contributed by atoms with Crippen molar-refractivity contribution in [1.29, 1.82) is 0 Å². The molecule has 3 aliphatic rings. The van der Waals surface area contributed by atoms with E-state index in [1.807, 2.05) is 19.2 Å². The molecule has 2 saturated heterocycles. The van der Waals surface area contributed by atoms with Crippen molar-refractivity contribution < 1.29 is 108 Å². The first-order valence-electron chi connectivity index (χ1n) is 37.8. The molecule has 3 aliphatic heterocycles. The number of fused-ring (bicyclic) bond motifs is 1. The minimum atomic E-state index is -4.84. The van der Waals surface area contributed by atoms with Gasteiger partial charge < -0.3 is 71.9 Å². The lowest BCUT2D eigenvalue weighted by molar-refractivity contribution is -0.297. The SMILES string of the molecule is C=CCOC(=O)O[C@@H]1[C@@H](NC(=O)OCC(Cl)(Cl)Cl)[C@H](O[Si](C)(C)CCCCCC)O[C@H](CO[C@@H]2O[C@H](COCc3ccccc3)[C@@H](OP3(=O)OCc4ccccc4CO3)[C@H](OC(=O)C[C@@H](CCCCCCCCCCC)OC(=O)CCCCCCCCCCC)[C@H]2NC(=O)OCC(Cl)(Cl)Cl)[C@H]1OC(=O)OCC=C. The fourth-order valence-electron chi connectivity index (χ4n) is 12.3. The number of hydrogen-bond acceptors (Lipinski definition) is 23. The third-order valence-corrected chi connectivity index (χ3v) is 22.3. The zero-order chi connectivity index (χ0) is 78.8. The second kappa shape index (κ2) is 51.5. The fourth-order valence-corrected chi connectivity index (χ4v) is 16.0. The van der Waals surface area contributed by atoms with E-state index in [0.29, 0.717) is 35.6 Å². The molecular formula is C75H113Cl6N2O23PSi. The predicted molar refractivity (Wildman–Crippen MR) is 413 cm³/mol. The summed E-state index contributed by atoms with van der Waals surface area (Å²) in [4.78, 5) is 85.5. The summed E-state index contributed by atoms with van der Waals surface area (Å²) in [6.07, 6.45) is 3.20. The first-order chi connectivity index (χ1) is 51.7. The van der Waals surface area contributed by atoms with Crippen molar-refractivity contribution in [1.82, 2.24) is 10.6 Å². The molecule has 612 valence electrons. The second-order valence-electron chi connectivity index (χ2n) is 27.5. The van der Waals surface area contributed by atoms with Crippen LogP contribution in [0.3, 0.4) is 0 Å². The third-order valence-electron chi connectivity index (χ3n) is 17.8. The number of nitrogens with one attached hydrogen (secondary N) is 2. The molecule has 108 heavy (non-hydrogen) atoms. The number of rotatable bonds is 50. The van der Waals surface area contributed by atoms with Gasteiger partial charge in [-0.3, -0.25) is 23.2 Å². The number of halogens is 6. The Bertz CT molecular complexity index is 3000. The highest BCUT2D eigenvalue weighted by atomic mass is 35.6. The highest BCUT2D eigenvalue weighted by molar-refractivity contribution is 7.48. The Morgan fingerprint density at radius 2 is 1.03 bits per heavy atom. The van der Waals surface area contributed by atoms with Gasteiger partial charge in [-0.25, -0.2) is 23.7 Å². The molecule has 0 unspecified atom stereocenters. The topological polar surface area (TPSA) is 291 Å². The molecule has 11 atom stereocenters. The molecule has 5 rings (SSSR count). The smallest absolute Gasteiger partial charge is 0.462 e. The number of benzene rings is 2. The van der Waals surface area contributed by atoms with Crippen molar-refractivity contribution in [3.05, 3.63) is 96.6 Å². The average molecular weight is 1680 g/mol. The molecule has 2 amide bonds. The normalized spacial score (nSPS) is 21.7. The number of phosphoric ester groups is 1. The number of carbonyl (C=O) groups is 6. The van der Waals surface area contributed by atoms with E-state index >= 15 is 9.36 Å². The molecule has 0 aliphatic carbocycles. The standard InChI is InChI=1S/C75H113Cl6N2O23PSi/c1-8-13-16-19-21-23-25-27-32-41-57(99-60(84)42-33-28-26-24-22-20-17-14-9-2)46-61(85)102-67-62(82-70(86)95-52-74(76,77)78)68(100-58(50-91-47-54-37-30-29-31-38-54)65(67)105-107(90)97-48-55-39-34-35-40-56(55)49-98-107)94-51-59-64(103-72(88)92-43-11-4)66(104-73(89)93-44-12-5)63(83-71(87)96-53-75(79,80)81)69(101-59)106-108(6,7)45-36-18-15-10-3/h11-12,29-31,34-35,37-40,57-59,62-69H,4-5,8-10,13-28,32-33,36,41-53H2,1-3,6-7H3,(H,82,86)(H,83,87)/t57-,58-,59-,62-,63-,64-,65-,66-,67-,68-,69+/m1/s1. The van der Waals surface area contributed by atoms with Crippen LogP contribution in [0.1, 0.15) is 198 Å². The fraction of sp³-hybridized carbons (Fsp3) is 0.707. The van der Waals surface area contributed by atoms with Crippen LogP contribution in [0.2, 0.25) is 19.1 Å². The maximum atomic E-state index is 15.4. The number of alkyl halides is 6. The van der Waals surface area contributed by atoms with Crippen LogP contribution in [0, 0.1) is 0 Å². The maximum Gasteiger partial charge on any atom is 0.509 e.